The topological polar surface area (TPSA) is 52.6 Å². The average Bonchev–Trinajstić information content (AvgIpc) is 2.33. The van der Waals surface area contributed by atoms with Gasteiger partial charge in [0.15, 0.2) is 5.78 Å². The van der Waals surface area contributed by atoms with Crippen molar-refractivity contribution in [3.05, 3.63) is 0 Å². The Morgan fingerprint density at radius 2 is 2.06 bits per heavy atom. The molecular formula is C13H22O4. The highest BCUT2D eigenvalue weighted by Crippen LogP contribution is 2.31. The zero-order chi connectivity index (χ0) is 12.8. The Bertz CT molecular complexity index is 271. The minimum absolute atomic E-state index is 0.0430. The van der Waals surface area contributed by atoms with Gasteiger partial charge in [-0.25, -0.2) is 0 Å². The molecule has 98 valence electrons. The van der Waals surface area contributed by atoms with E-state index in [-0.39, 0.29) is 11.6 Å². The normalized spacial score (nSPS) is 25.3. The van der Waals surface area contributed by atoms with Crippen LogP contribution < -0.4 is 0 Å². The van der Waals surface area contributed by atoms with Crippen LogP contribution in [0.2, 0.25) is 0 Å². The van der Waals surface area contributed by atoms with Crippen molar-refractivity contribution in [2.75, 3.05) is 14.2 Å². The second-order valence-electron chi connectivity index (χ2n) is 4.65. The summed E-state index contributed by atoms with van der Waals surface area (Å²) in [4.78, 5) is 23.8. The molecule has 2 unspecified atom stereocenters. The van der Waals surface area contributed by atoms with E-state index in [1.807, 2.05) is 0 Å². The zero-order valence-corrected chi connectivity index (χ0v) is 10.9. The summed E-state index contributed by atoms with van der Waals surface area (Å²) in [5.41, 5.74) is 0. The molecular weight excluding hydrogens is 220 g/mol. The molecule has 0 heterocycles. The number of hydrogen-bond acceptors (Lipinski definition) is 4. The molecule has 17 heavy (non-hydrogen) atoms. The van der Waals surface area contributed by atoms with Gasteiger partial charge in [-0.15, -0.1) is 0 Å². The summed E-state index contributed by atoms with van der Waals surface area (Å²) in [5.74, 6) is -0.214. The van der Waals surface area contributed by atoms with Gasteiger partial charge >= 0.3 is 0 Å². The molecule has 0 radical (unpaired) electrons. The van der Waals surface area contributed by atoms with Crippen LogP contribution in [0.3, 0.4) is 0 Å². The molecule has 0 aromatic carbocycles. The molecule has 0 saturated heterocycles. The number of ether oxygens (including phenoxy) is 2. The first-order chi connectivity index (χ1) is 8.13. The lowest BCUT2D eigenvalue weighted by Crippen LogP contribution is -2.39. The SMILES string of the molecule is CCCC1CCC(=O)C(C(=O)C(OC)OC)C1. The molecule has 0 aromatic rings. The minimum Gasteiger partial charge on any atom is -0.349 e. The van der Waals surface area contributed by atoms with Gasteiger partial charge in [-0.3, -0.25) is 9.59 Å². The van der Waals surface area contributed by atoms with E-state index in [4.69, 9.17) is 9.47 Å². The maximum Gasteiger partial charge on any atom is 0.218 e. The van der Waals surface area contributed by atoms with Crippen LogP contribution in [-0.2, 0) is 19.1 Å². The number of hydrogen-bond donors (Lipinski definition) is 0. The van der Waals surface area contributed by atoms with Gasteiger partial charge in [-0.05, 0) is 18.8 Å². The monoisotopic (exact) mass is 242 g/mol. The first-order valence-corrected chi connectivity index (χ1v) is 6.26. The Morgan fingerprint density at radius 1 is 1.41 bits per heavy atom. The van der Waals surface area contributed by atoms with Crippen molar-refractivity contribution in [2.24, 2.45) is 11.8 Å². The lowest BCUT2D eigenvalue weighted by molar-refractivity contribution is -0.164. The smallest absolute Gasteiger partial charge is 0.218 e. The van der Waals surface area contributed by atoms with Crippen LogP contribution in [0.25, 0.3) is 0 Å². The molecule has 0 aromatic heterocycles. The summed E-state index contributed by atoms with van der Waals surface area (Å²) < 4.78 is 9.87. The number of methoxy groups -OCH3 is 2. The highest BCUT2D eigenvalue weighted by Gasteiger charge is 2.37. The lowest BCUT2D eigenvalue weighted by atomic mass is 9.76. The first kappa shape index (κ1) is 14.3. The van der Waals surface area contributed by atoms with Gasteiger partial charge < -0.3 is 9.47 Å². The molecule has 0 spiro atoms. The Balaban J connectivity index is 2.66. The number of Topliss-reactive ketones (excluding diaryl/α,β-unsaturated/α-hetero) is 2. The Hall–Kier alpha value is -0.740. The van der Waals surface area contributed by atoms with Crippen LogP contribution in [0, 0.1) is 11.8 Å². The van der Waals surface area contributed by atoms with E-state index in [1.54, 1.807) is 0 Å². The van der Waals surface area contributed by atoms with Crippen LogP contribution in [0.5, 0.6) is 0 Å². The van der Waals surface area contributed by atoms with E-state index in [2.05, 4.69) is 6.92 Å². The maximum atomic E-state index is 12.0. The average molecular weight is 242 g/mol. The molecule has 1 aliphatic carbocycles. The first-order valence-electron chi connectivity index (χ1n) is 6.26. The summed E-state index contributed by atoms with van der Waals surface area (Å²) in [6.07, 6.45) is 3.38. The highest BCUT2D eigenvalue weighted by atomic mass is 16.7. The summed E-state index contributed by atoms with van der Waals surface area (Å²) in [5, 5.41) is 0. The molecule has 1 aliphatic rings. The third kappa shape index (κ3) is 3.61. The molecule has 1 fully saturated rings. The van der Waals surface area contributed by atoms with Crippen molar-refractivity contribution >= 4 is 11.6 Å². The fourth-order valence-corrected chi connectivity index (χ4v) is 2.54. The quantitative estimate of drug-likeness (QED) is 0.528. The summed E-state index contributed by atoms with van der Waals surface area (Å²) >= 11 is 0. The van der Waals surface area contributed by atoms with Gasteiger partial charge in [0.2, 0.25) is 6.29 Å². The Kier molecular flexibility index (Phi) is 5.78. The van der Waals surface area contributed by atoms with E-state index >= 15 is 0 Å². The summed E-state index contributed by atoms with van der Waals surface area (Å²) in [6.45, 7) is 2.13. The van der Waals surface area contributed by atoms with E-state index in [1.165, 1.54) is 14.2 Å². The fraction of sp³-hybridized carbons (Fsp3) is 0.846. The molecule has 0 bridgehead atoms. The Labute approximate surface area is 103 Å². The van der Waals surface area contributed by atoms with Crippen molar-refractivity contribution in [1.82, 2.24) is 0 Å². The van der Waals surface area contributed by atoms with Gasteiger partial charge in [0.05, 0.1) is 5.92 Å². The van der Waals surface area contributed by atoms with Crippen molar-refractivity contribution < 1.29 is 19.1 Å². The van der Waals surface area contributed by atoms with Crippen molar-refractivity contribution in [3.8, 4) is 0 Å². The maximum absolute atomic E-state index is 12.0. The molecule has 4 heteroatoms. The number of carbonyl (C=O) groups is 2. The predicted octanol–water partition coefficient (Wildman–Crippen LogP) is 1.96. The molecule has 1 rings (SSSR count). The highest BCUT2D eigenvalue weighted by molar-refractivity contribution is 6.04. The van der Waals surface area contributed by atoms with Crippen LogP contribution in [0.4, 0.5) is 0 Å². The van der Waals surface area contributed by atoms with Crippen LogP contribution in [0.1, 0.15) is 39.0 Å². The van der Waals surface area contributed by atoms with E-state index in [0.29, 0.717) is 18.8 Å². The van der Waals surface area contributed by atoms with E-state index in [0.717, 1.165) is 19.3 Å². The van der Waals surface area contributed by atoms with Gasteiger partial charge in [0.1, 0.15) is 5.78 Å². The second-order valence-corrected chi connectivity index (χ2v) is 4.65. The largest absolute Gasteiger partial charge is 0.349 e. The third-order valence-electron chi connectivity index (χ3n) is 3.46. The molecule has 1 saturated carbocycles. The number of ketones is 2. The standard InChI is InChI=1S/C13H22O4/c1-4-5-9-6-7-11(14)10(8-9)12(15)13(16-2)17-3/h9-10,13H,4-8H2,1-3H3. The van der Waals surface area contributed by atoms with Crippen LogP contribution >= 0.6 is 0 Å². The fourth-order valence-electron chi connectivity index (χ4n) is 2.54. The van der Waals surface area contributed by atoms with E-state index in [9.17, 15) is 9.59 Å². The van der Waals surface area contributed by atoms with Crippen molar-refractivity contribution in [3.63, 3.8) is 0 Å². The molecule has 2 atom stereocenters. The van der Waals surface area contributed by atoms with Crippen LogP contribution in [-0.4, -0.2) is 32.1 Å². The minimum atomic E-state index is -0.899. The lowest BCUT2D eigenvalue weighted by Gasteiger charge is -2.28. The number of carbonyl (C=O) groups excluding carboxylic acids is 2. The molecule has 0 amide bonds. The predicted molar refractivity (Wildman–Crippen MR) is 63.6 cm³/mol. The number of rotatable bonds is 6. The second kappa shape index (κ2) is 6.87. The van der Waals surface area contributed by atoms with Gasteiger partial charge in [-0.1, -0.05) is 19.8 Å². The Morgan fingerprint density at radius 3 is 2.59 bits per heavy atom. The van der Waals surface area contributed by atoms with Crippen molar-refractivity contribution in [2.45, 2.75) is 45.3 Å². The molecule has 0 N–H and O–H groups in total. The molecule has 4 nitrogen and oxygen atoms in total. The molecule has 0 aliphatic heterocycles. The summed E-state index contributed by atoms with van der Waals surface area (Å²) in [7, 11) is 2.84. The van der Waals surface area contributed by atoms with Crippen LogP contribution in [0.15, 0.2) is 0 Å². The van der Waals surface area contributed by atoms with Gasteiger partial charge in [-0.2, -0.15) is 0 Å². The van der Waals surface area contributed by atoms with Gasteiger partial charge in [0, 0.05) is 20.6 Å². The zero-order valence-electron chi connectivity index (χ0n) is 10.9. The summed E-state index contributed by atoms with van der Waals surface area (Å²) in [6, 6.07) is 0. The van der Waals surface area contributed by atoms with Gasteiger partial charge in [0.25, 0.3) is 0 Å². The van der Waals surface area contributed by atoms with Crippen molar-refractivity contribution in [1.29, 1.82) is 0 Å². The third-order valence-corrected chi connectivity index (χ3v) is 3.46. The van der Waals surface area contributed by atoms with E-state index < -0.39 is 12.2 Å².